The summed E-state index contributed by atoms with van der Waals surface area (Å²) in [7, 11) is 0. The van der Waals surface area contributed by atoms with Crippen LogP contribution in [0.5, 0.6) is 0 Å². The molecule has 3 nitrogen and oxygen atoms in total. The van der Waals surface area contributed by atoms with E-state index in [0.717, 1.165) is 12.0 Å². The van der Waals surface area contributed by atoms with Crippen molar-refractivity contribution in [3.8, 4) is 0 Å². The van der Waals surface area contributed by atoms with Gasteiger partial charge in [-0.25, -0.2) is 18.2 Å². The smallest absolute Gasteiger partial charge is 0.256 e. The number of halogens is 3. The summed E-state index contributed by atoms with van der Waals surface area (Å²) in [5.74, 6) is -2.37. The van der Waals surface area contributed by atoms with Crippen LogP contribution in [0.3, 0.4) is 0 Å². The fourth-order valence-electron chi connectivity index (χ4n) is 2.61. The van der Waals surface area contributed by atoms with E-state index in [0.29, 0.717) is 18.6 Å². The number of nitrogens with zero attached hydrogens (tertiary/aromatic N) is 1. The van der Waals surface area contributed by atoms with E-state index in [-0.39, 0.29) is 5.82 Å². The molecule has 6 heteroatoms. The summed E-state index contributed by atoms with van der Waals surface area (Å²) in [6.07, 6.45) is -1.27. The lowest BCUT2D eigenvalue weighted by Gasteiger charge is -2.23. The van der Waals surface area contributed by atoms with E-state index >= 15 is 0 Å². The number of benzene rings is 1. The van der Waals surface area contributed by atoms with E-state index in [9.17, 15) is 18.0 Å². The van der Waals surface area contributed by atoms with Gasteiger partial charge in [-0.15, -0.1) is 0 Å². The quantitative estimate of drug-likeness (QED) is 0.836. The highest BCUT2D eigenvalue weighted by atomic mass is 19.2. The third kappa shape index (κ3) is 1.98. The average Bonchev–Trinajstić information content (AvgIpc) is 2.81. The van der Waals surface area contributed by atoms with Gasteiger partial charge in [0.25, 0.3) is 5.91 Å². The first-order chi connectivity index (χ1) is 9.43. The predicted molar refractivity (Wildman–Crippen MR) is 64.5 cm³/mol. The average molecular weight is 285 g/mol. The lowest BCUT2D eigenvalue weighted by atomic mass is 10.0. The molecule has 1 aliphatic heterocycles. The van der Waals surface area contributed by atoms with Crippen LogP contribution in [0.15, 0.2) is 24.3 Å². The van der Waals surface area contributed by atoms with Gasteiger partial charge in [0.2, 0.25) is 0 Å². The summed E-state index contributed by atoms with van der Waals surface area (Å²) < 4.78 is 39.8. The molecule has 0 aromatic heterocycles. The second kappa shape index (κ2) is 4.48. The molecular weight excluding hydrogens is 271 g/mol. The van der Waals surface area contributed by atoms with Crippen LogP contribution in [0.25, 0.3) is 0 Å². The molecule has 1 amide bonds. The highest BCUT2D eigenvalue weighted by molar-refractivity contribution is 5.84. The van der Waals surface area contributed by atoms with Crippen molar-refractivity contribution in [2.75, 3.05) is 6.61 Å². The van der Waals surface area contributed by atoms with Crippen molar-refractivity contribution < 1.29 is 22.8 Å². The van der Waals surface area contributed by atoms with Crippen molar-refractivity contribution in [1.29, 1.82) is 0 Å². The molecule has 1 heterocycles. The van der Waals surface area contributed by atoms with Crippen LogP contribution in [0.4, 0.5) is 13.2 Å². The van der Waals surface area contributed by atoms with Gasteiger partial charge in [0, 0.05) is 6.42 Å². The van der Waals surface area contributed by atoms with E-state index < -0.39 is 29.7 Å². The van der Waals surface area contributed by atoms with Crippen LogP contribution in [0.1, 0.15) is 24.9 Å². The van der Waals surface area contributed by atoms with Crippen LogP contribution >= 0.6 is 0 Å². The van der Waals surface area contributed by atoms with Crippen LogP contribution in [-0.2, 0) is 9.63 Å². The highest BCUT2D eigenvalue weighted by Gasteiger charge is 2.70. The van der Waals surface area contributed by atoms with Crippen molar-refractivity contribution >= 4 is 5.91 Å². The van der Waals surface area contributed by atoms with Crippen molar-refractivity contribution in [3.05, 3.63) is 35.6 Å². The largest absolute Gasteiger partial charge is 0.272 e. The number of carbonyl (C=O) groups is 1. The fourth-order valence-corrected chi connectivity index (χ4v) is 2.61. The molecule has 3 rings (SSSR count). The first kappa shape index (κ1) is 13.4. The van der Waals surface area contributed by atoms with Crippen molar-refractivity contribution in [2.24, 2.45) is 5.92 Å². The summed E-state index contributed by atoms with van der Waals surface area (Å²) in [5, 5.41) is 1.04. The Labute approximate surface area is 114 Å². The molecule has 1 aromatic carbocycles. The van der Waals surface area contributed by atoms with E-state index in [2.05, 4.69) is 0 Å². The Balaban J connectivity index is 1.79. The third-order valence-corrected chi connectivity index (χ3v) is 3.97. The minimum absolute atomic E-state index is 0.292. The van der Waals surface area contributed by atoms with Gasteiger partial charge in [-0.05, 0) is 24.6 Å². The van der Waals surface area contributed by atoms with Crippen LogP contribution < -0.4 is 0 Å². The molecule has 0 N–H and O–H groups in total. The Hall–Kier alpha value is -1.56. The first-order valence-electron chi connectivity index (χ1n) is 6.47. The maximum atomic E-state index is 13.6. The monoisotopic (exact) mass is 285 g/mol. The number of hydroxylamine groups is 2. The van der Waals surface area contributed by atoms with Crippen molar-refractivity contribution in [3.63, 3.8) is 0 Å². The lowest BCUT2D eigenvalue weighted by Crippen LogP contribution is -2.32. The van der Waals surface area contributed by atoms with Gasteiger partial charge in [0.15, 0.2) is 5.67 Å². The SMILES string of the molecule is CC1(F)C(F)C1C(=O)N1OCC[C@H]1c1ccc(F)cc1. The maximum Gasteiger partial charge on any atom is 0.256 e. The number of alkyl halides is 2. The summed E-state index contributed by atoms with van der Waals surface area (Å²) >= 11 is 0. The van der Waals surface area contributed by atoms with E-state index in [4.69, 9.17) is 4.84 Å². The molecule has 0 spiro atoms. The topological polar surface area (TPSA) is 29.5 Å². The second-order valence-electron chi connectivity index (χ2n) is 5.38. The Morgan fingerprint density at radius 2 is 2.00 bits per heavy atom. The van der Waals surface area contributed by atoms with Gasteiger partial charge in [-0.3, -0.25) is 9.63 Å². The summed E-state index contributed by atoms with van der Waals surface area (Å²) in [6.45, 7) is 1.36. The molecule has 20 heavy (non-hydrogen) atoms. The molecule has 1 saturated heterocycles. The number of carbonyl (C=O) groups excluding carboxylic acids is 1. The predicted octanol–water partition coefficient (Wildman–Crippen LogP) is 2.73. The zero-order valence-electron chi connectivity index (χ0n) is 10.9. The molecule has 2 aliphatic rings. The molecule has 4 atom stereocenters. The molecule has 1 aliphatic carbocycles. The van der Waals surface area contributed by atoms with Gasteiger partial charge >= 0.3 is 0 Å². The third-order valence-electron chi connectivity index (χ3n) is 3.97. The van der Waals surface area contributed by atoms with Crippen LogP contribution in [0, 0.1) is 11.7 Å². The standard InChI is InChI=1S/C14H14F3NO2/c1-14(17)11(12(14)16)13(19)18-10(6-7-20-18)8-2-4-9(15)5-3-8/h2-5,10-12H,6-7H2,1H3/t10-,11?,12?,14?/m0/s1. The number of hydrogen-bond acceptors (Lipinski definition) is 2. The van der Waals surface area contributed by atoms with E-state index in [1.54, 1.807) is 12.1 Å². The van der Waals surface area contributed by atoms with Crippen LogP contribution in [-0.4, -0.2) is 29.4 Å². The van der Waals surface area contributed by atoms with Crippen molar-refractivity contribution in [2.45, 2.75) is 31.2 Å². The normalized spacial score (nSPS) is 36.2. The molecule has 2 fully saturated rings. The highest BCUT2D eigenvalue weighted by Crippen LogP contribution is 2.52. The molecule has 0 bridgehead atoms. The van der Waals surface area contributed by atoms with Crippen molar-refractivity contribution in [1.82, 2.24) is 5.06 Å². The zero-order chi connectivity index (χ0) is 14.5. The Morgan fingerprint density at radius 3 is 2.55 bits per heavy atom. The minimum atomic E-state index is -2.11. The van der Waals surface area contributed by atoms with E-state index in [1.165, 1.54) is 12.1 Å². The summed E-state index contributed by atoms with van der Waals surface area (Å²) in [4.78, 5) is 17.3. The van der Waals surface area contributed by atoms with Gasteiger partial charge < -0.3 is 0 Å². The fraction of sp³-hybridized carbons (Fsp3) is 0.500. The number of amides is 1. The molecule has 108 valence electrons. The first-order valence-corrected chi connectivity index (χ1v) is 6.47. The molecular formula is C14H14F3NO2. The maximum absolute atomic E-state index is 13.6. The second-order valence-corrected chi connectivity index (χ2v) is 5.38. The molecule has 1 saturated carbocycles. The zero-order valence-corrected chi connectivity index (χ0v) is 10.9. The number of hydrogen-bond donors (Lipinski definition) is 0. The van der Waals surface area contributed by atoms with Crippen LogP contribution in [0.2, 0.25) is 0 Å². The summed E-state index contributed by atoms with van der Waals surface area (Å²) in [5.41, 5.74) is -1.43. The van der Waals surface area contributed by atoms with Gasteiger partial charge in [-0.1, -0.05) is 12.1 Å². The Morgan fingerprint density at radius 1 is 1.40 bits per heavy atom. The minimum Gasteiger partial charge on any atom is -0.272 e. The Bertz CT molecular complexity index is 532. The lowest BCUT2D eigenvalue weighted by molar-refractivity contribution is -0.179. The molecule has 1 aromatic rings. The Kier molecular flexibility index (Phi) is 3.01. The van der Waals surface area contributed by atoms with Gasteiger partial charge in [0.1, 0.15) is 17.9 Å². The summed E-state index contributed by atoms with van der Waals surface area (Å²) in [6, 6.07) is 5.23. The molecule has 0 radical (unpaired) electrons. The number of rotatable bonds is 2. The van der Waals surface area contributed by atoms with Gasteiger partial charge in [-0.2, -0.15) is 0 Å². The van der Waals surface area contributed by atoms with E-state index in [1.807, 2.05) is 0 Å². The molecule has 3 unspecified atom stereocenters. The van der Waals surface area contributed by atoms with Gasteiger partial charge in [0.05, 0.1) is 12.6 Å².